The molecule has 0 atom stereocenters. The Morgan fingerprint density at radius 2 is 1.64 bits per heavy atom. The van der Waals surface area contributed by atoms with Gasteiger partial charge in [0.05, 0.1) is 39.2 Å². The van der Waals surface area contributed by atoms with Crippen LogP contribution in [0.4, 0.5) is 0 Å². The van der Waals surface area contributed by atoms with E-state index in [0.29, 0.717) is 30.7 Å². The summed E-state index contributed by atoms with van der Waals surface area (Å²) in [6.07, 6.45) is 1.79. The highest BCUT2D eigenvalue weighted by Gasteiger charge is 2.27. The number of aromatic nitrogens is 2. The van der Waals surface area contributed by atoms with E-state index in [1.807, 2.05) is 0 Å². The molecule has 0 aliphatic rings. The van der Waals surface area contributed by atoms with Crippen LogP contribution in [0.15, 0.2) is 0 Å². The summed E-state index contributed by atoms with van der Waals surface area (Å²) in [5.41, 5.74) is 0.649. The van der Waals surface area contributed by atoms with Gasteiger partial charge in [0.1, 0.15) is 5.15 Å². The summed E-state index contributed by atoms with van der Waals surface area (Å²) in [6.45, 7) is 3.91. The van der Waals surface area contributed by atoms with Crippen molar-refractivity contribution in [3.05, 3.63) is 10.7 Å². The Bertz CT molecular complexity index is 564. The molecular weight excluding hydrogens is 375 g/mol. The summed E-state index contributed by atoms with van der Waals surface area (Å²) >= 11 is 6.14. The first-order valence-corrected chi connectivity index (χ1v) is 9.96. The lowest BCUT2D eigenvalue weighted by atomic mass is 10.1. The van der Waals surface area contributed by atoms with E-state index in [1.165, 1.54) is 14.2 Å². The van der Waals surface area contributed by atoms with Crippen molar-refractivity contribution in [1.29, 1.82) is 0 Å². The highest BCUT2D eigenvalue weighted by Crippen LogP contribution is 2.49. The summed E-state index contributed by atoms with van der Waals surface area (Å²) in [5.74, 6) is 0.344. The Kier molecular flexibility index (Phi) is 10.3. The van der Waals surface area contributed by atoms with Crippen molar-refractivity contribution in [2.45, 2.75) is 33.1 Å². The van der Waals surface area contributed by atoms with Crippen LogP contribution in [-0.2, 0) is 30.1 Å². The fourth-order valence-electron chi connectivity index (χ4n) is 1.85. The second-order valence-electron chi connectivity index (χ2n) is 4.74. The van der Waals surface area contributed by atoms with E-state index >= 15 is 0 Å². The first kappa shape index (κ1) is 22.1. The van der Waals surface area contributed by atoms with E-state index in [1.54, 1.807) is 13.8 Å². The largest absolute Gasteiger partial charge is 0.481 e. The van der Waals surface area contributed by atoms with Crippen LogP contribution in [0.1, 0.15) is 32.3 Å². The molecule has 0 amide bonds. The Balaban J connectivity index is 2.62. The van der Waals surface area contributed by atoms with Crippen LogP contribution in [0, 0.1) is 0 Å². The van der Waals surface area contributed by atoms with E-state index in [9.17, 15) is 4.57 Å². The monoisotopic (exact) mass is 398 g/mol. The number of unbranched alkanes of at least 4 members (excludes halogenated alkanes) is 1. The molecule has 0 N–H and O–H groups in total. The smallest absolute Gasteiger partial charge is 0.384 e. The SMILES string of the molecule is CCOOP(=O)(CCCCc1c(Cl)nc(OC)nc1OC)OOCC. The predicted octanol–water partition coefficient (Wildman–Crippen LogP) is 3.60. The van der Waals surface area contributed by atoms with Crippen molar-refractivity contribution in [2.24, 2.45) is 0 Å². The Morgan fingerprint density at radius 1 is 1.00 bits per heavy atom. The molecule has 1 aromatic rings. The molecule has 9 nitrogen and oxygen atoms in total. The molecule has 0 fully saturated rings. The zero-order valence-electron chi connectivity index (χ0n) is 14.8. The maximum absolute atomic E-state index is 12.4. The van der Waals surface area contributed by atoms with Gasteiger partial charge in [-0.2, -0.15) is 9.97 Å². The van der Waals surface area contributed by atoms with E-state index in [0.717, 1.165) is 0 Å². The third kappa shape index (κ3) is 7.43. The first-order valence-electron chi connectivity index (χ1n) is 7.85. The number of hydrogen-bond donors (Lipinski definition) is 0. The number of ether oxygens (including phenoxy) is 2. The molecule has 0 saturated carbocycles. The highest BCUT2D eigenvalue weighted by molar-refractivity contribution is 7.53. The van der Waals surface area contributed by atoms with Gasteiger partial charge in [0.2, 0.25) is 5.88 Å². The minimum absolute atomic E-state index is 0.129. The van der Waals surface area contributed by atoms with Crippen LogP contribution >= 0.6 is 19.2 Å². The summed E-state index contributed by atoms with van der Waals surface area (Å²) in [7, 11) is -0.546. The molecule has 1 rings (SSSR count). The minimum atomic E-state index is -3.48. The number of rotatable bonds is 13. The second kappa shape index (κ2) is 11.6. The van der Waals surface area contributed by atoms with E-state index < -0.39 is 7.60 Å². The Hall–Kier alpha value is -0.960. The van der Waals surface area contributed by atoms with Crippen LogP contribution in [0.2, 0.25) is 5.15 Å². The van der Waals surface area contributed by atoms with Gasteiger partial charge >= 0.3 is 13.6 Å². The molecule has 0 radical (unpaired) electrons. The van der Waals surface area contributed by atoms with Crippen molar-refractivity contribution in [3.8, 4) is 11.9 Å². The standard InChI is InChI=1S/C14H24ClN2O7P/c1-5-21-23-25(18,24-22-6-2)10-8-7-9-11-12(15)16-14(20-4)17-13(11)19-3/h5-10H2,1-4H3. The lowest BCUT2D eigenvalue weighted by molar-refractivity contribution is -0.263. The predicted molar refractivity (Wildman–Crippen MR) is 91.0 cm³/mol. The number of nitrogens with zero attached hydrogens (tertiary/aromatic N) is 2. The molecule has 0 aliphatic heterocycles. The lowest BCUT2D eigenvalue weighted by Crippen LogP contribution is -2.04. The van der Waals surface area contributed by atoms with Gasteiger partial charge < -0.3 is 9.47 Å². The molecule has 0 aliphatic carbocycles. The van der Waals surface area contributed by atoms with Crippen molar-refractivity contribution in [1.82, 2.24) is 9.97 Å². The van der Waals surface area contributed by atoms with Crippen molar-refractivity contribution < 1.29 is 33.2 Å². The number of hydrogen-bond acceptors (Lipinski definition) is 9. The topological polar surface area (TPSA) is 98.2 Å². The molecule has 0 spiro atoms. The van der Waals surface area contributed by atoms with E-state index in [4.69, 9.17) is 40.2 Å². The normalized spacial score (nSPS) is 11.6. The molecular formula is C14H24ClN2O7P. The minimum Gasteiger partial charge on any atom is -0.481 e. The quantitative estimate of drug-likeness (QED) is 0.162. The summed E-state index contributed by atoms with van der Waals surface area (Å²) in [4.78, 5) is 17.6. The average molecular weight is 399 g/mol. The number of halogens is 1. The first-order chi connectivity index (χ1) is 12.0. The number of methoxy groups -OCH3 is 2. The van der Waals surface area contributed by atoms with Crippen molar-refractivity contribution in [3.63, 3.8) is 0 Å². The van der Waals surface area contributed by atoms with Crippen molar-refractivity contribution >= 4 is 19.2 Å². The van der Waals surface area contributed by atoms with Gasteiger partial charge in [-0.3, -0.25) is 4.57 Å². The van der Waals surface area contributed by atoms with Gasteiger partial charge in [0.15, 0.2) is 0 Å². The maximum atomic E-state index is 12.4. The molecule has 144 valence electrons. The molecule has 0 bridgehead atoms. The van der Waals surface area contributed by atoms with Crippen molar-refractivity contribution in [2.75, 3.05) is 33.6 Å². The van der Waals surface area contributed by atoms with Crippen LogP contribution in [-0.4, -0.2) is 43.6 Å². The second-order valence-corrected chi connectivity index (χ2v) is 7.07. The van der Waals surface area contributed by atoms with Gasteiger partial charge in [-0.15, -0.1) is 9.35 Å². The van der Waals surface area contributed by atoms with Gasteiger partial charge in [-0.05, 0) is 33.1 Å². The zero-order valence-corrected chi connectivity index (χ0v) is 16.5. The summed E-state index contributed by atoms with van der Waals surface area (Å²) in [6, 6.07) is 0.130. The summed E-state index contributed by atoms with van der Waals surface area (Å²) < 4.78 is 32.3. The Labute approximate surface area is 152 Å². The average Bonchev–Trinajstić information content (AvgIpc) is 2.62. The van der Waals surface area contributed by atoms with Crippen LogP contribution < -0.4 is 9.47 Å². The van der Waals surface area contributed by atoms with E-state index in [2.05, 4.69) is 9.97 Å². The van der Waals surface area contributed by atoms with Crippen LogP contribution in [0.3, 0.4) is 0 Å². The molecule has 0 aromatic carbocycles. The molecule has 1 aromatic heterocycles. The highest BCUT2D eigenvalue weighted by atomic mass is 35.5. The maximum Gasteiger partial charge on any atom is 0.384 e. The molecule has 1 heterocycles. The van der Waals surface area contributed by atoms with E-state index in [-0.39, 0.29) is 30.5 Å². The van der Waals surface area contributed by atoms with Gasteiger partial charge in [-0.25, -0.2) is 9.78 Å². The van der Waals surface area contributed by atoms with Crippen LogP contribution in [0.25, 0.3) is 0 Å². The third-order valence-corrected chi connectivity index (χ3v) is 4.79. The van der Waals surface area contributed by atoms with Gasteiger partial charge in [-0.1, -0.05) is 11.6 Å². The fraction of sp³-hybridized carbons (Fsp3) is 0.714. The van der Waals surface area contributed by atoms with Gasteiger partial charge in [0, 0.05) is 0 Å². The Morgan fingerprint density at radius 3 is 2.16 bits per heavy atom. The van der Waals surface area contributed by atoms with Gasteiger partial charge in [0.25, 0.3) is 0 Å². The lowest BCUT2D eigenvalue weighted by Gasteiger charge is -2.15. The molecule has 0 saturated heterocycles. The molecule has 11 heteroatoms. The zero-order chi connectivity index (χ0) is 18.7. The third-order valence-electron chi connectivity index (χ3n) is 2.95. The molecule has 0 unspecified atom stereocenters. The molecule has 25 heavy (non-hydrogen) atoms. The fourth-order valence-corrected chi connectivity index (χ4v) is 3.41. The van der Waals surface area contributed by atoms with Crippen LogP contribution in [0.5, 0.6) is 11.9 Å². The summed E-state index contributed by atoms with van der Waals surface area (Å²) in [5, 5.41) is 0.253.